The van der Waals surface area contributed by atoms with E-state index in [2.05, 4.69) is 18.4 Å². The van der Waals surface area contributed by atoms with E-state index in [9.17, 15) is 4.79 Å². The molecule has 0 fully saturated rings. The van der Waals surface area contributed by atoms with Crippen LogP contribution in [0.3, 0.4) is 0 Å². The fourth-order valence-corrected chi connectivity index (χ4v) is 1.96. The quantitative estimate of drug-likeness (QED) is 0.464. The highest BCUT2D eigenvalue weighted by Crippen LogP contribution is 2.25. The number of nitrogens with one attached hydrogen (secondary N) is 1. The minimum Gasteiger partial charge on any atom is -0.496 e. The average Bonchev–Trinajstić information content (AvgIpc) is 2.30. The molecule has 0 heterocycles. The Morgan fingerprint density at radius 3 is 2.71 bits per heavy atom. The standard InChI is InChI=1S/C13H20N2O2/c1-9-7-10(2)11(12(8-9)17-3)5-4-6-13(16)15-14/h7-8H,4-6,14H2,1-3H3,(H,15,16). The topological polar surface area (TPSA) is 64.3 Å². The highest BCUT2D eigenvalue weighted by atomic mass is 16.5. The van der Waals surface area contributed by atoms with Gasteiger partial charge in [0, 0.05) is 6.42 Å². The number of hydrazine groups is 1. The predicted octanol–water partition coefficient (Wildman–Crippen LogP) is 1.62. The van der Waals surface area contributed by atoms with Crippen LogP contribution in [0.15, 0.2) is 12.1 Å². The van der Waals surface area contributed by atoms with Gasteiger partial charge in [0.25, 0.3) is 0 Å². The Bertz CT molecular complexity index is 403. The van der Waals surface area contributed by atoms with Gasteiger partial charge < -0.3 is 4.74 Å². The van der Waals surface area contributed by atoms with Crippen LogP contribution in [-0.4, -0.2) is 13.0 Å². The molecule has 0 aromatic heterocycles. The lowest BCUT2D eigenvalue weighted by Crippen LogP contribution is -2.29. The Morgan fingerprint density at radius 1 is 1.41 bits per heavy atom. The van der Waals surface area contributed by atoms with Crippen molar-refractivity contribution >= 4 is 5.91 Å². The molecule has 0 aliphatic rings. The molecular formula is C13H20N2O2. The number of nitrogens with two attached hydrogens (primary N) is 1. The molecule has 3 N–H and O–H groups in total. The number of ether oxygens (including phenoxy) is 1. The molecule has 0 unspecified atom stereocenters. The largest absolute Gasteiger partial charge is 0.496 e. The van der Waals surface area contributed by atoms with Crippen molar-refractivity contribution < 1.29 is 9.53 Å². The molecule has 0 radical (unpaired) electrons. The maximum absolute atomic E-state index is 11.0. The highest BCUT2D eigenvalue weighted by molar-refractivity contribution is 5.75. The third-order valence-electron chi connectivity index (χ3n) is 2.79. The van der Waals surface area contributed by atoms with E-state index in [-0.39, 0.29) is 5.91 Å². The second kappa shape index (κ2) is 6.25. The smallest absolute Gasteiger partial charge is 0.233 e. The van der Waals surface area contributed by atoms with Crippen LogP contribution in [0.1, 0.15) is 29.5 Å². The lowest BCUT2D eigenvalue weighted by molar-refractivity contribution is -0.121. The lowest BCUT2D eigenvalue weighted by Gasteiger charge is -2.12. The molecule has 1 rings (SSSR count). The normalized spacial score (nSPS) is 10.1. The first-order valence-corrected chi connectivity index (χ1v) is 5.72. The number of hydrogen-bond acceptors (Lipinski definition) is 3. The third kappa shape index (κ3) is 3.75. The van der Waals surface area contributed by atoms with Crippen LogP contribution in [-0.2, 0) is 11.2 Å². The Kier molecular flexibility index (Phi) is 4.97. The monoisotopic (exact) mass is 236 g/mol. The average molecular weight is 236 g/mol. The van der Waals surface area contributed by atoms with Crippen molar-refractivity contribution in [3.63, 3.8) is 0 Å². The molecule has 4 nitrogen and oxygen atoms in total. The second-order valence-electron chi connectivity index (χ2n) is 4.18. The number of methoxy groups -OCH3 is 1. The molecule has 0 bridgehead atoms. The molecule has 1 aromatic carbocycles. The maximum Gasteiger partial charge on any atom is 0.233 e. The van der Waals surface area contributed by atoms with E-state index in [0.29, 0.717) is 6.42 Å². The van der Waals surface area contributed by atoms with Crippen molar-refractivity contribution in [3.05, 3.63) is 28.8 Å². The number of carbonyl (C=O) groups excluding carboxylic acids is 1. The van der Waals surface area contributed by atoms with Crippen molar-refractivity contribution in [2.45, 2.75) is 33.1 Å². The van der Waals surface area contributed by atoms with Crippen molar-refractivity contribution in [2.75, 3.05) is 7.11 Å². The number of carbonyl (C=O) groups is 1. The Balaban J connectivity index is 2.73. The van der Waals surface area contributed by atoms with E-state index in [4.69, 9.17) is 10.6 Å². The third-order valence-corrected chi connectivity index (χ3v) is 2.79. The molecule has 0 saturated heterocycles. The zero-order valence-electron chi connectivity index (χ0n) is 10.7. The van der Waals surface area contributed by atoms with Crippen LogP contribution in [0.25, 0.3) is 0 Å². The Labute approximate surface area is 102 Å². The predicted molar refractivity (Wildman–Crippen MR) is 67.7 cm³/mol. The summed E-state index contributed by atoms with van der Waals surface area (Å²) in [7, 11) is 1.67. The van der Waals surface area contributed by atoms with Gasteiger partial charge in [-0.05, 0) is 49.4 Å². The van der Waals surface area contributed by atoms with Gasteiger partial charge in [0.2, 0.25) is 5.91 Å². The summed E-state index contributed by atoms with van der Waals surface area (Å²) in [5, 5.41) is 0. The first kappa shape index (κ1) is 13.5. The number of amides is 1. The van der Waals surface area contributed by atoms with Gasteiger partial charge in [0.15, 0.2) is 0 Å². The molecule has 1 aromatic rings. The summed E-state index contributed by atoms with van der Waals surface area (Å²) in [6, 6.07) is 4.15. The summed E-state index contributed by atoms with van der Waals surface area (Å²) in [4.78, 5) is 11.0. The van der Waals surface area contributed by atoms with Gasteiger partial charge in [-0.25, -0.2) is 5.84 Å². The van der Waals surface area contributed by atoms with Gasteiger partial charge in [-0.3, -0.25) is 10.2 Å². The van der Waals surface area contributed by atoms with Crippen molar-refractivity contribution in [2.24, 2.45) is 5.84 Å². The van der Waals surface area contributed by atoms with E-state index < -0.39 is 0 Å². The summed E-state index contributed by atoms with van der Waals surface area (Å²) in [6.07, 6.45) is 2.03. The SMILES string of the molecule is COc1cc(C)cc(C)c1CCCC(=O)NN. The molecule has 0 aliphatic heterocycles. The van der Waals surface area contributed by atoms with Crippen LogP contribution in [0.4, 0.5) is 0 Å². The molecule has 4 heteroatoms. The van der Waals surface area contributed by atoms with Crippen molar-refractivity contribution in [1.82, 2.24) is 5.43 Å². The summed E-state index contributed by atoms with van der Waals surface area (Å²) in [6.45, 7) is 4.11. The summed E-state index contributed by atoms with van der Waals surface area (Å²) >= 11 is 0. The summed E-state index contributed by atoms with van der Waals surface area (Å²) < 4.78 is 5.37. The van der Waals surface area contributed by atoms with E-state index >= 15 is 0 Å². The molecule has 0 atom stereocenters. The molecule has 17 heavy (non-hydrogen) atoms. The minimum atomic E-state index is -0.131. The van der Waals surface area contributed by atoms with Crippen LogP contribution < -0.4 is 16.0 Å². The van der Waals surface area contributed by atoms with E-state index in [1.54, 1.807) is 7.11 Å². The maximum atomic E-state index is 11.0. The zero-order chi connectivity index (χ0) is 12.8. The molecule has 0 saturated carbocycles. The summed E-state index contributed by atoms with van der Waals surface area (Å²) in [5.74, 6) is 5.80. The number of benzene rings is 1. The molecule has 1 amide bonds. The number of aryl methyl sites for hydroxylation is 2. The van der Waals surface area contributed by atoms with Gasteiger partial charge in [-0.2, -0.15) is 0 Å². The minimum absolute atomic E-state index is 0.131. The first-order valence-electron chi connectivity index (χ1n) is 5.72. The highest BCUT2D eigenvalue weighted by Gasteiger charge is 2.08. The Morgan fingerprint density at radius 2 is 2.12 bits per heavy atom. The van der Waals surface area contributed by atoms with E-state index in [1.807, 2.05) is 13.0 Å². The molecule has 94 valence electrons. The van der Waals surface area contributed by atoms with Crippen molar-refractivity contribution in [1.29, 1.82) is 0 Å². The van der Waals surface area contributed by atoms with Crippen LogP contribution in [0, 0.1) is 13.8 Å². The van der Waals surface area contributed by atoms with E-state index in [1.165, 1.54) is 16.7 Å². The van der Waals surface area contributed by atoms with Crippen molar-refractivity contribution in [3.8, 4) is 5.75 Å². The van der Waals surface area contributed by atoms with Gasteiger partial charge >= 0.3 is 0 Å². The van der Waals surface area contributed by atoms with Gasteiger partial charge in [-0.1, -0.05) is 6.07 Å². The molecule has 0 aliphatic carbocycles. The van der Waals surface area contributed by atoms with Crippen LogP contribution in [0.2, 0.25) is 0 Å². The van der Waals surface area contributed by atoms with Gasteiger partial charge in [-0.15, -0.1) is 0 Å². The van der Waals surface area contributed by atoms with E-state index in [0.717, 1.165) is 18.6 Å². The summed E-state index contributed by atoms with van der Waals surface area (Å²) in [5.41, 5.74) is 5.69. The van der Waals surface area contributed by atoms with Gasteiger partial charge in [0.05, 0.1) is 7.11 Å². The van der Waals surface area contributed by atoms with Crippen LogP contribution in [0.5, 0.6) is 5.75 Å². The first-order chi connectivity index (χ1) is 8.08. The fraction of sp³-hybridized carbons (Fsp3) is 0.462. The fourth-order valence-electron chi connectivity index (χ4n) is 1.96. The molecule has 0 spiro atoms. The Hall–Kier alpha value is -1.55. The van der Waals surface area contributed by atoms with Crippen LogP contribution >= 0.6 is 0 Å². The second-order valence-corrected chi connectivity index (χ2v) is 4.18. The number of rotatable bonds is 5. The number of hydrogen-bond donors (Lipinski definition) is 2. The van der Waals surface area contributed by atoms with Gasteiger partial charge in [0.1, 0.15) is 5.75 Å². The zero-order valence-corrected chi connectivity index (χ0v) is 10.7. The molecular weight excluding hydrogens is 216 g/mol. The lowest BCUT2D eigenvalue weighted by atomic mass is 9.99.